The molecule has 9 heteroatoms. The van der Waals surface area contributed by atoms with Gasteiger partial charge in [0, 0.05) is 18.7 Å². The molecule has 0 radical (unpaired) electrons. The zero-order chi connectivity index (χ0) is 14.3. The Kier molecular flexibility index (Phi) is 3.08. The van der Waals surface area contributed by atoms with Crippen LogP contribution < -0.4 is 0 Å². The minimum Gasteiger partial charge on any atom is -0.394 e. The van der Waals surface area contributed by atoms with E-state index in [-0.39, 0.29) is 29.9 Å². The smallest absolute Gasteiger partial charge is 0.298 e. The maximum Gasteiger partial charge on any atom is 0.298 e. The topological polar surface area (TPSA) is 124 Å². The average molecular weight is 280 g/mol. The number of aliphatic hydroxyl groups is 2. The first kappa shape index (κ1) is 12.9. The Morgan fingerprint density at radius 1 is 1.55 bits per heavy atom. The van der Waals surface area contributed by atoms with Crippen molar-refractivity contribution in [3.05, 3.63) is 28.7 Å². The summed E-state index contributed by atoms with van der Waals surface area (Å²) < 4.78 is 6.95. The SMILES string of the molecule is O=[N+]([O-])c1ccnc2ncn([C@H]3C[C@H](O)[C@@H](CO)O3)c12. The van der Waals surface area contributed by atoms with Crippen LogP contribution >= 0.6 is 0 Å². The summed E-state index contributed by atoms with van der Waals surface area (Å²) in [4.78, 5) is 18.5. The molecule has 2 aromatic heterocycles. The molecule has 0 unspecified atom stereocenters. The fourth-order valence-corrected chi connectivity index (χ4v) is 2.37. The predicted molar refractivity (Wildman–Crippen MR) is 65.8 cm³/mol. The van der Waals surface area contributed by atoms with Gasteiger partial charge in [-0.15, -0.1) is 0 Å². The molecular weight excluding hydrogens is 268 g/mol. The van der Waals surface area contributed by atoms with Crippen molar-refractivity contribution in [1.29, 1.82) is 0 Å². The second kappa shape index (κ2) is 4.78. The van der Waals surface area contributed by atoms with Crippen molar-refractivity contribution in [1.82, 2.24) is 14.5 Å². The first-order valence-corrected chi connectivity index (χ1v) is 6.02. The van der Waals surface area contributed by atoms with Crippen molar-refractivity contribution in [3.63, 3.8) is 0 Å². The van der Waals surface area contributed by atoms with Crippen molar-refractivity contribution in [2.24, 2.45) is 0 Å². The van der Waals surface area contributed by atoms with Gasteiger partial charge in [-0.1, -0.05) is 0 Å². The van der Waals surface area contributed by atoms with E-state index in [1.54, 1.807) is 0 Å². The van der Waals surface area contributed by atoms with E-state index < -0.39 is 23.4 Å². The second-order valence-corrected chi connectivity index (χ2v) is 4.53. The zero-order valence-corrected chi connectivity index (χ0v) is 10.3. The number of nitrogens with zero attached hydrogens (tertiary/aromatic N) is 4. The first-order chi connectivity index (χ1) is 9.61. The van der Waals surface area contributed by atoms with Gasteiger partial charge in [0.15, 0.2) is 11.2 Å². The number of rotatable bonds is 3. The van der Waals surface area contributed by atoms with Gasteiger partial charge in [0.05, 0.1) is 17.6 Å². The third kappa shape index (κ3) is 1.92. The summed E-state index contributed by atoms with van der Waals surface area (Å²) in [7, 11) is 0. The number of pyridine rings is 1. The molecule has 106 valence electrons. The molecule has 1 saturated heterocycles. The molecule has 20 heavy (non-hydrogen) atoms. The molecule has 2 aromatic rings. The highest BCUT2D eigenvalue weighted by Crippen LogP contribution is 2.33. The lowest BCUT2D eigenvalue weighted by Crippen LogP contribution is -2.24. The van der Waals surface area contributed by atoms with Crippen molar-refractivity contribution in [3.8, 4) is 0 Å². The third-order valence-corrected chi connectivity index (χ3v) is 3.34. The monoisotopic (exact) mass is 280 g/mol. The summed E-state index contributed by atoms with van der Waals surface area (Å²) in [5.74, 6) is 0. The van der Waals surface area contributed by atoms with Crippen LogP contribution in [0.4, 0.5) is 5.69 Å². The lowest BCUT2D eigenvalue weighted by Gasteiger charge is -2.13. The van der Waals surface area contributed by atoms with Crippen LogP contribution in [0.2, 0.25) is 0 Å². The van der Waals surface area contributed by atoms with Gasteiger partial charge in [0.2, 0.25) is 0 Å². The van der Waals surface area contributed by atoms with E-state index in [1.807, 2.05) is 0 Å². The Bertz CT molecular complexity index is 657. The largest absolute Gasteiger partial charge is 0.394 e. The fraction of sp³-hybridized carbons (Fsp3) is 0.455. The van der Waals surface area contributed by atoms with Gasteiger partial charge in [0.1, 0.15) is 18.7 Å². The number of aliphatic hydroxyl groups excluding tert-OH is 2. The highest BCUT2D eigenvalue weighted by molar-refractivity contribution is 5.81. The number of nitro groups is 1. The zero-order valence-electron chi connectivity index (χ0n) is 10.3. The van der Waals surface area contributed by atoms with Crippen molar-refractivity contribution in [2.45, 2.75) is 24.9 Å². The summed E-state index contributed by atoms with van der Waals surface area (Å²) in [6, 6.07) is 1.29. The van der Waals surface area contributed by atoms with E-state index in [1.165, 1.54) is 23.2 Å². The van der Waals surface area contributed by atoms with Gasteiger partial charge in [-0.2, -0.15) is 0 Å². The molecule has 0 amide bonds. The van der Waals surface area contributed by atoms with Crippen LogP contribution in [0.3, 0.4) is 0 Å². The summed E-state index contributed by atoms with van der Waals surface area (Å²) >= 11 is 0. The van der Waals surface area contributed by atoms with Gasteiger partial charge in [-0.05, 0) is 0 Å². The van der Waals surface area contributed by atoms with E-state index in [0.29, 0.717) is 0 Å². The minimum absolute atomic E-state index is 0.127. The predicted octanol–water partition coefficient (Wildman–Crippen LogP) is -0.0198. The number of imidazole rings is 1. The van der Waals surface area contributed by atoms with Crippen molar-refractivity contribution < 1.29 is 19.9 Å². The molecule has 1 aliphatic heterocycles. The van der Waals surface area contributed by atoms with Gasteiger partial charge in [-0.3, -0.25) is 14.7 Å². The molecule has 0 spiro atoms. The lowest BCUT2D eigenvalue weighted by molar-refractivity contribution is -0.383. The van der Waals surface area contributed by atoms with Crippen LogP contribution in [-0.4, -0.2) is 48.5 Å². The van der Waals surface area contributed by atoms with Gasteiger partial charge in [0.25, 0.3) is 5.69 Å². The standard InChI is InChI=1S/C11H12N4O5/c16-4-8-7(17)3-9(20-8)14-5-13-11-10(14)6(15(18)19)1-2-12-11/h1-2,5,7-9,16-17H,3-4H2/t7-,8+,9+/m0/s1. The van der Waals surface area contributed by atoms with Gasteiger partial charge < -0.3 is 14.9 Å². The molecule has 0 aliphatic carbocycles. The van der Waals surface area contributed by atoms with Crippen molar-refractivity contribution >= 4 is 16.9 Å². The molecule has 0 aromatic carbocycles. The molecule has 9 nitrogen and oxygen atoms in total. The summed E-state index contributed by atoms with van der Waals surface area (Å²) in [6.45, 7) is -0.315. The van der Waals surface area contributed by atoms with Gasteiger partial charge in [-0.25, -0.2) is 9.97 Å². The second-order valence-electron chi connectivity index (χ2n) is 4.53. The van der Waals surface area contributed by atoms with Gasteiger partial charge >= 0.3 is 0 Å². The third-order valence-electron chi connectivity index (χ3n) is 3.34. The van der Waals surface area contributed by atoms with E-state index in [4.69, 9.17) is 9.84 Å². The normalized spacial score (nSPS) is 26.2. The summed E-state index contributed by atoms with van der Waals surface area (Å²) in [5, 5.41) is 29.9. The molecule has 1 aliphatic rings. The highest BCUT2D eigenvalue weighted by atomic mass is 16.6. The Morgan fingerprint density at radius 3 is 3.00 bits per heavy atom. The van der Waals surface area contributed by atoms with Crippen LogP contribution in [0.5, 0.6) is 0 Å². The molecule has 3 atom stereocenters. The molecular formula is C11H12N4O5. The van der Waals surface area contributed by atoms with E-state index >= 15 is 0 Å². The van der Waals surface area contributed by atoms with Crippen molar-refractivity contribution in [2.75, 3.05) is 6.61 Å². The maximum absolute atomic E-state index is 11.1. The molecule has 0 saturated carbocycles. The molecule has 2 N–H and O–H groups in total. The Labute approximate surface area is 112 Å². The molecule has 1 fully saturated rings. The van der Waals surface area contributed by atoms with Crippen LogP contribution in [0, 0.1) is 10.1 Å². The average Bonchev–Trinajstić information content (AvgIpc) is 3.01. The number of hydrogen-bond acceptors (Lipinski definition) is 7. The fourth-order valence-electron chi connectivity index (χ4n) is 2.37. The number of fused-ring (bicyclic) bond motifs is 1. The number of hydrogen-bond donors (Lipinski definition) is 2. The lowest BCUT2D eigenvalue weighted by atomic mass is 10.2. The Hall–Kier alpha value is -2.10. The van der Waals surface area contributed by atoms with Crippen LogP contribution in [0.15, 0.2) is 18.6 Å². The summed E-state index contributed by atoms with van der Waals surface area (Å²) in [5.41, 5.74) is 0.357. The van der Waals surface area contributed by atoms with E-state index in [2.05, 4.69) is 9.97 Å². The molecule has 3 rings (SSSR count). The maximum atomic E-state index is 11.1. The Balaban J connectivity index is 2.07. The molecule has 3 heterocycles. The van der Waals surface area contributed by atoms with E-state index in [9.17, 15) is 15.2 Å². The Morgan fingerprint density at radius 2 is 2.35 bits per heavy atom. The quantitative estimate of drug-likeness (QED) is 0.598. The van der Waals surface area contributed by atoms with Crippen LogP contribution in [0.25, 0.3) is 11.2 Å². The minimum atomic E-state index is -0.821. The highest BCUT2D eigenvalue weighted by Gasteiger charge is 2.36. The number of aromatic nitrogens is 3. The van der Waals surface area contributed by atoms with E-state index in [0.717, 1.165) is 0 Å². The van der Waals surface area contributed by atoms with Crippen LogP contribution in [-0.2, 0) is 4.74 Å². The number of ether oxygens (including phenoxy) is 1. The van der Waals surface area contributed by atoms with Crippen LogP contribution in [0.1, 0.15) is 12.6 Å². The molecule has 0 bridgehead atoms. The summed E-state index contributed by atoms with van der Waals surface area (Å²) in [6.07, 6.45) is 0.796. The first-order valence-electron chi connectivity index (χ1n) is 6.02.